The van der Waals surface area contributed by atoms with Crippen molar-refractivity contribution in [3.8, 4) is 0 Å². The predicted molar refractivity (Wildman–Crippen MR) is 432 cm³/mol. The zero-order valence-corrected chi connectivity index (χ0v) is 71.2. The first-order chi connectivity index (χ1) is 50.6. The van der Waals surface area contributed by atoms with E-state index in [2.05, 4.69) is 55.4 Å². The van der Waals surface area contributed by atoms with Crippen molar-refractivity contribution in [1.29, 1.82) is 0 Å². The van der Waals surface area contributed by atoms with Crippen molar-refractivity contribution in [2.45, 2.75) is 465 Å². The molecule has 624 valence electrons. The molecule has 0 aliphatic heterocycles. The van der Waals surface area contributed by atoms with E-state index in [1.165, 1.54) is 244 Å². The summed E-state index contributed by atoms with van der Waals surface area (Å²) in [4.78, 5) is 73.2. The van der Waals surface area contributed by atoms with Crippen LogP contribution in [-0.4, -0.2) is 96.7 Å². The summed E-state index contributed by atoms with van der Waals surface area (Å²) >= 11 is 0. The summed E-state index contributed by atoms with van der Waals surface area (Å²) in [7, 11) is -9.93. The van der Waals surface area contributed by atoms with E-state index in [0.717, 1.165) is 114 Å². The molecule has 0 rings (SSSR count). The van der Waals surface area contributed by atoms with E-state index in [1.807, 2.05) is 0 Å². The summed E-state index contributed by atoms with van der Waals surface area (Å²) in [6, 6.07) is 0. The molecule has 0 bridgehead atoms. The molecule has 0 saturated heterocycles. The maximum Gasteiger partial charge on any atom is 0.472 e. The number of esters is 4. The van der Waals surface area contributed by atoms with Crippen LogP contribution in [0.4, 0.5) is 0 Å². The molecule has 0 saturated carbocycles. The minimum absolute atomic E-state index is 0.107. The van der Waals surface area contributed by atoms with E-state index >= 15 is 0 Å². The second-order valence-electron chi connectivity index (χ2n) is 32.8. The molecule has 0 radical (unpaired) electrons. The number of rotatable bonds is 83. The number of carbonyl (C=O) groups is 4. The molecular formula is C86H168O17P2. The predicted octanol–water partition coefficient (Wildman–Crippen LogP) is 25.9. The largest absolute Gasteiger partial charge is 0.472 e. The number of aliphatic hydroxyl groups is 1. The van der Waals surface area contributed by atoms with Gasteiger partial charge < -0.3 is 33.8 Å². The number of hydrogen-bond donors (Lipinski definition) is 3. The highest BCUT2D eigenvalue weighted by atomic mass is 31.2. The molecule has 0 aromatic heterocycles. The van der Waals surface area contributed by atoms with E-state index in [-0.39, 0.29) is 25.7 Å². The molecule has 0 aromatic rings. The Bertz CT molecular complexity index is 2040. The molecule has 5 atom stereocenters. The molecule has 0 amide bonds. The third kappa shape index (κ3) is 79.9. The Morgan fingerprint density at radius 2 is 0.400 bits per heavy atom. The molecule has 0 aromatic carbocycles. The van der Waals surface area contributed by atoms with E-state index in [0.29, 0.717) is 31.6 Å². The standard InChI is InChI=1S/C86H168O17P2/c1-76(2)62-54-46-38-32-26-20-14-11-9-10-12-16-24-30-36-42-52-60-68-85(90)102-81(72-96-83(88)66-58-50-41-35-29-23-19-18-22-28-34-40-48-56-64-78(5)6)74-100-104(92,93)98-70-80(87)71-99-105(94,95)101-75-82(73-97-84(89)67-59-51-45-44-49-57-65-79(7)8)103-86(91)69-61-53-43-37-31-25-17-13-15-21-27-33-39-47-55-63-77(3)4/h76-82,87H,9-75H2,1-8H3,(H,92,93)(H,94,95)/t80?,81-,82-/m1/s1. The average Bonchev–Trinajstić information content (AvgIpc) is 0.967. The zero-order chi connectivity index (χ0) is 77.4. The van der Waals surface area contributed by atoms with Crippen LogP contribution in [0.3, 0.4) is 0 Å². The summed E-state index contributed by atoms with van der Waals surface area (Å²) in [6.45, 7) is 14.3. The van der Waals surface area contributed by atoms with Gasteiger partial charge in [0.2, 0.25) is 0 Å². The van der Waals surface area contributed by atoms with E-state index in [1.54, 1.807) is 0 Å². The zero-order valence-electron chi connectivity index (χ0n) is 69.4. The van der Waals surface area contributed by atoms with E-state index in [9.17, 15) is 43.2 Å². The number of unbranched alkanes of at least 4 members (excludes halogenated alkanes) is 49. The molecule has 0 aliphatic carbocycles. The van der Waals surface area contributed by atoms with Gasteiger partial charge in [-0.25, -0.2) is 9.13 Å². The highest BCUT2D eigenvalue weighted by molar-refractivity contribution is 7.47. The molecule has 0 heterocycles. The van der Waals surface area contributed by atoms with Crippen molar-refractivity contribution in [2.75, 3.05) is 39.6 Å². The van der Waals surface area contributed by atoms with Crippen LogP contribution in [0, 0.1) is 23.7 Å². The van der Waals surface area contributed by atoms with Gasteiger partial charge in [0.25, 0.3) is 0 Å². The third-order valence-electron chi connectivity index (χ3n) is 20.1. The van der Waals surface area contributed by atoms with E-state index in [4.69, 9.17) is 37.0 Å². The Morgan fingerprint density at radius 1 is 0.238 bits per heavy atom. The highest BCUT2D eigenvalue weighted by Crippen LogP contribution is 2.45. The van der Waals surface area contributed by atoms with Gasteiger partial charge in [0.05, 0.1) is 26.4 Å². The highest BCUT2D eigenvalue weighted by Gasteiger charge is 2.30. The van der Waals surface area contributed by atoms with Crippen LogP contribution in [0.25, 0.3) is 0 Å². The molecule has 0 fully saturated rings. The first-order valence-corrected chi connectivity index (χ1v) is 47.2. The molecule has 0 aliphatic rings. The summed E-state index contributed by atoms with van der Waals surface area (Å²) in [5.74, 6) is 0.992. The lowest BCUT2D eigenvalue weighted by Crippen LogP contribution is -2.30. The van der Waals surface area contributed by atoms with Crippen molar-refractivity contribution in [3.63, 3.8) is 0 Å². The smallest absolute Gasteiger partial charge is 0.462 e. The lowest BCUT2D eigenvalue weighted by atomic mass is 10.0. The molecule has 17 nitrogen and oxygen atoms in total. The van der Waals surface area contributed by atoms with Crippen molar-refractivity contribution in [1.82, 2.24) is 0 Å². The van der Waals surface area contributed by atoms with Gasteiger partial charge in [-0.15, -0.1) is 0 Å². The maximum atomic E-state index is 13.1. The Hall–Kier alpha value is -1.94. The van der Waals surface area contributed by atoms with Crippen LogP contribution in [0.15, 0.2) is 0 Å². The Morgan fingerprint density at radius 3 is 0.590 bits per heavy atom. The van der Waals surface area contributed by atoms with Gasteiger partial charge >= 0.3 is 39.5 Å². The van der Waals surface area contributed by atoms with Gasteiger partial charge in [-0.2, -0.15) is 0 Å². The summed E-state index contributed by atoms with van der Waals surface area (Å²) in [5.41, 5.74) is 0. The monoisotopic (exact) mass is 1540 g/mol. The number of phosphoric acid groups is 2. The molecule has 0 spiro atoms. The quantitative estimate of drug-likeness (QED) is 0.0222. The van der Waals surface area contributed by atoms with Crippen LogP contribution in [0.5, 0.6) is 0 Å². The van der Waals surface area contributed by atoms with Gasteiger partial charge in [-0.1, -0.05) is 396 Å². The van der Waals surface area contributed by atoms with Crippen molar-refractivity contribution < 1.29 is 80.2 Å². The van der Waals surface area contributed by atoms with Gasteiger partial charge in [0.1, 0.15) is 19.3 Å². The number of aliphatic hydroxyl groups excluding tert-OH is 1. The van der Waals surface area contributed by atoms with Gasteiger partial charge in [-0.3, -0.25) is 37.3 Å². The molecule has 3 N–H and O–H groups in total. The fourth-order valence-electron chi connectivity index (χ4n) is 13.3. The lowest BCUT2D eigenvalue weighted by molar-refractivity contribution is -0.161. The summed E-state index contributed by atoms with van der Waals surface area (Å²) in [5, 5.41) is 10.7. The fraction of sp³-hybridized carbons (Fsp3) is 0.953. The Balaban J connectivity index is 5.21. The first-order valence-electron chi connectivity index (χ1n) is 44.2. The van der Waals surface area contributed by atoms with Crippen molar-refractivity contribution >= 4 is 39.5 Å². The van der Waals surface area contributed by atoms with E-state index < -0.39 is 97.5 Å². The Labute approximate surface area is 645 Å². The second-order valence-corrected chi connectivity index (χ2v) is 35.7. The number of ether oxygens (including phenoxy) is 4. The van der Waals surface area contributed by atoms with Crippen LogP contribution in [0.2, 0.25) is 0 Å². The first kappa shape index (κ1) is 103. The van der Waals surface area contributed by atoms with Crippen LogP contribution >= 0.6 is 15.6 Å². The number of phosphoric ester groups is 2. The minimum Gasteiger partial charge on any atom is -0.462 e. The summed E-state index contributed by atoms with van der Waals surface area (Å²) < 4.78 is 68.9. The van der Waals surface area contributed by atoms with Crippen LogP contribution in [-0.2, 0) is 65.4 Å². The number of hydrogen-bond acceptors (Lipinski definition) is 15. The van der Waals surface area contributed by atoms with Gasteiger partial charge in [0.15, 0.2) is 12.2 Å². The molecule has 19 heteroatoms. The Kier molecular flexibility index (Phi) is 73.4. The van der Waals surface area contributed by atoms with Crippen molar-refractivity contribution in [2.24, 2.45) is 23.7 Å². The maximum absolute atomic E-state index is 13.1. The second kappa shape index (κ2) is 74.8. The van der Waals surface area contributed by atoms with Crippen molar-refractivity contribution in [3.05, 3.63) is 0 Å². The minimum atomic E-state index is -4.97. The SMILES string of the molecule is CC(C)CCCCCCCCCCCCCCCCCCCCC(=O)O[C@H](COC(=O)CCCCCCCCCCCCCCCCC(C)C)COP(=O)(O)OCC(O)COP(=O)(O)OC[C@@H](COC(=O)CCCCCCCCC(C)C)OC(=O)CCCCCCCCCCCCCCCCCC(C)C. The topological polar surface area (TPSA) is 237 Å². The fourth-order valence-corrected chi connectivity index (χ4v) is 14.9. The van der Waals surface area contributed by atoms with Gasteiger partial charge in [-0.05, 0) is 49.4 Å². The molecule has 105 heavy (non-hydrogen) atoms. The lowest BCUT2D eigenvalue weighted by Gasteiger charge is -2.21. The average molecular weight is 1540 g/mol. The normalized spacial score (nSPS) is 13.9. The summed E-state index contributed by atoms with van der Waals surface area (Å²) in [6.07, 6.45) is 64.1. The van der Waals surface area contributed by atoms with Crippen LogP contribution < -0.4 is 0 Å². The molecular weight excluding hydrogens is 1370 g/mol. The molecule has 3 unspecified atom stereocenters. The third-order valence-corrected chi connectivity index (χ3v) is 22.0. The number of carbonyl (C=O) groups excluding carboxylic acids is 4. The van der Waals surface area contributed by atoms with Crippen LogP contribution in [0.1, 0.15) is 447 Å². The van der Waals surface area contributed by atoms with Gasteiger partial charge in [0, 0.05) is 25.7 Å².